The van der Waals surface area contributed by atoms with Gasteiger partial charge in [0.1, 0.15) is 0 Å². The Balaban J connectivity index is 2.07. The topological polar surface area (TPSA) is 39.4 Å². The number of nitriles is 1. The van der Waals surface area contributed by atoms with E-state index in [-0.39, 0.29) is 0 Å². The summed E-state index contributed by atoms with van der Waals surface area (Å²) in [6.45, 7) is 4.46. The Morgan fingerprint density at radius 3 is 2.39 bits per heavy atom. The molecule has 1 heterocycles. The van der Waals surface area contributed by atoms with Gasteiger partial charge in [-0.2, -0.15) is 10.4 Å². The van der Waals surface area contributed by atoms with Gasteiger partial charge in [0, 0.05) is 12.1 Å². The largest absolute Gasteiger partial charge is 0.292 e. The van der Waals surface area contributed by atoms with Crippen LogP contribution in [-0.4, -0.2) is 23.3 Å². The van der Waals surface area contributed by atoms with E-state index >= 15 is 0 Å². The van der Waals surface area contributed by atoms with Crippen molar-refractivity contribution in [1.82, 2.24) is 5.01 Å². The van der Waals surface area contributed by atoms with Crippen LogP contribution < -0.4 is 0 Å². The number of piperidine rings is 1. The van der Waals surface area contributed by atoms with Crippen molar-refractivity contribution in [3.63, 3.8) is 0 Å². The third-order valence-corrected chi connectivity index (χ3v) is 3.53. The van der Waals surface area contributed by atoms with Crippen molar-refractivity contribution in [3.8, 4) is 6.07 Å². The van der Waals surface area contributed by atoms with Crippen molar-refractivity contribution in [2.75, 3.05) is 0 Å². The molecule has 1 aliphatic rings. The van der Waals surface area contributed by atoms with Crippen LogP contribution in [0.1, 0.15) is 44.2 Å². The van der Waals surface area contributed by atoms with Crippen LogP contribution in [0.4, 0.5) is 0 Å². The molecule has 2 atom stereocenters. The summed E-state index contributed by atoms with van der Waals surface area (Å²) in [6.07, 6.45) is 5.62. The Morgan fingerprint density at radius 1 is 1.22 bits per heavy atom. The average Bonchev–Trinajstić information content (AvgIpc) is 2.39. The van der Waals surface area contributed by atoms with E-state index < -0.39 is 0 Å². The zero-order valence-corrected chi connectivity index (χ0v) is 11.0. The van der Waals surface area contributed by atoms with Gasteiger partial charge in [-0.25, -0.2) is 0 Å². The molecule has 1 aromatic carbocycles. The molecule has 1 aliphatic heterocycles. The summed E-state index contributed by atoms with van der Waals surface area (Å²) < 4.78 is 0. The smallest absolute Gasteiger partial charge is 0.0991 e. The van der Waals surface area contributed by atoms with E-state index in [9.17, 15) is 0 Å². The maximum atomic E-state index is 8.74. The van der Waals surface area contributed by atoms with Gasteiger partial charge in [0.25, 0.3) is 0 Å². The van der Waals surface area contributed by atoms with E-state index in [1.54, 1.807) is 0 Å². The summed E-state index contributed by atoms with van der Waals surface area (Å²) in [5.74, 6) is 0. The van der Waals surface area contributed by atoms with Gasteiger partial charge in [-0.15, -0.1) is 0 Å². The Morgan fingerprint density at radius 2 is 1.83 bits per heavy atom. The second-order valence-electron chi connectivity index (χ2n) is 4.99. The van der Waals surface area contributed by atoms with Crippen molar-refractivity contribution in [2.45, 2.75) is 45.2 Å². The molecule has 1 saturated heterocycles. The molecule has 2 rings (SSSR count). The summed E-state index contributed by atoms with van der Waals surface area (Å²) in [7, 11) is 0. The monoisotopic (exact) mass is 241 g/mol. The van der Waals surface area contributed by atoms with Gasteiger partial charge in [0.2, 0.25) is 0 Å². The molecular formula is C15H19N3. The van der Waals surface area contributed by atoms with Gasteiger partial charge >= 0.3 is 0 Å². The predicted molar refractivity (Wildman–Crippen MR) is 73.4 cm³/mol. The third kappa shape index (κ3) is 2.89. The number of hydrogen-bond donors (Lipinski definition) is 0. The molecule has 0 radical (unpaired) electrons. The number of hydrazone groups is 1. The number of rotatable bonds is 2. The molecule has 18 heavy (non-hydrogen) atoms. The SMILES string of the molecule is CC1CCCC(C)N1N=Cc1ccc(C#N)cc1. The molecule has 0 amide bonds. The first kappa shape index (κ1) is 12.6. The fraction of sp³-hybridized carbons (Fsp3) is 0.467. The molecule has 0 saturated carbocycles. The van der Waals surface area contributed by atoms with Gasteiger partial charge in [-0.05, 0) is 50.8 Å². The molecule has 3 nitrogen and oxygen atoms in total. The van der Waals surface area contributed by atoms with Crippen LogP contribution in [0.15, 0.2) is 29.4 Å². The average molecular weight is 241 g/mol. The minimum atomic E-state index is 0.517. The van der Waals surface area contributed by atoms with Crippen LogP contribution in [0.5, 0.6) is 0 Å². The predicted octanol–water partition coefficient (Wildman–Crippen LogP) is 3.16. The first-order valence-corrected chi connectivity index (χ1v) is 6.53. The minimum Gasteiger partial charge on any atom is -0.292 e. The van der Waals surface area contributed by atoms with E-state index in [2.05, 4.69) is 30.0 Å². The number of benzene rings is 1. The van der Waals surface area contributed by atoms with E-state index in [4.69, 9.17) is 5.26 Å². The van der Waals surface area contributed by atoms with Crippen LogP contribution in [0.25, 0.3) is 0 Å². The highest BCUT2D eigenvalue weighted by molar-refractivity contribution is 5.79. The Labute approximate surface area is 109 Å². The molecule has 3 heteroatoms. The van der Waals surface area contributed by atoms with Crippen LogP contribution in [-0.2, 0) is 0 Å². The van der Waals surface area contributed by atoms with Crippen LogP contribution in [0.2, 0.25) is 0 Å². The van der Waals surface area contributed by atoms with Gasteiger partial charge < -0.3 is 0 Å². The lowest BCUT2D eigenvalue weighted by molar-refractivity contribution is 0.109. The highest BCUT2D eigenvalue weighted by Gasteiger charge is 2.22. The summed E-state index contributed by atoms with van der Waals surface area (Å²) in [5.41, 5.74) is 1.73. The maximum Gasteiger partial charge on any atom is 0.0991 e. The molecule has 0 aromatic heterocycles. The highest BCUT2D eigenvalue weighted by atomic mass is 15.5. The second-order valence-corrected chi connectivity index (χ2v) is 4.99. The van der Waals surface area contributed by atoms with Crippen molar-refractivity contribution >= 4 is 6.21 Å². The summed E-state index contributed by atoms with van der Waals surface area (Å²) in [6, 6.07) is 10.7. The van der Waals surface area contributed by atoms with Crippen LogP contribution >= 0.6 is 0 Å². The maximum absolute atomic E-state index is 8.74. The van der Waals surface area contributed by atoms with Crippen molar-refractivity contribution < 1.29 is 0 Å². The van der Waals surface area contributed by atoms with E-state index in [0.29, 0.717) is 17.6 Å². The quantitative estimate of drug-likeness (QED) is 0.746. The molecule has 0 N–H and O–H groups in total. The Bertz CT molecular complexity index is 446. The van der Waals surface area contributed by atoms with Gasteiger partial charge in [0.05, 0.1) is 17.8 Å². The fourth-order valence-electron chi connectivity index (χ4n) is 2.41. The van der Waals surface area contributed by atoms with Crippen molar-refractivity contribution in [3.05, 3.63) is 35.4 Å². The zero-order chi connectivity index (χ0) is 13.0. The molecular weight excluding hydrogens is 222 g/mol. The lowest BCUT2D eigenvalue weighted by atomic mass is 10.00. The van der Waals surface area contributed by atoms with E-state index in [0.717, 1.165) is 5.56 Å². The molecule has 94 valence electrons. The standard InChI is InChI=1S/C15H19N3/c1-12-4-3-5-13(2)18(12)17-11-15-8-6-14(10-16)7-9-15/h6-9,11-13H,3-5H2,1-2H3. The normalized spacial score (nSPS) is 24.2. The lowest BCUT2D eigenvalue weighted by Gasteiger charge is -2.36. The lowest BCUT2D eigenvalue weighted by Crippen LogP contribution is -2.39. The third-order valence-electron chi connectivity index (χ3n) is 3.53. The zero-order valence-electron chi connectivity index (χ0n) is 11.0. The summed E-state index contributed by atoms with van der Waals surface area (Å²) in [5, 5.41) is 15.5. The molecule has 0 aliphatic carbocycles. The first-order chi connectivity index (χ1) is 8.70. The van der Waals surface area contributed by atoms with E-state index in [1.165, 1.54) is 19.3 Å². The van der Waals surface area contributed by atoms with Gasteiger partial charge in [-0.1, -0.05) is 12.1 Å². The van der Waals surface area contributed by atoms with Crippen LogP contribution in [0, 0.1) is 11.3 Å². The van der Waals surface area contributed by atoms with Crippen molar-refractivity contribution in [1.29, 1.82) is 5.26 Å². The highest BCUT2D eigenvalue weighted by Crippen LogP contribution is 2.22. The molecule has 2 unspecified atom stereocenters. The molecule has 1 fully saturated rings. The number of nitrogens with zero attached hydrogens (tertiary/aromatic N) is 3. The van der Waals surface area contributed by atoms with Crippen LogP contribution in [0.3, 0.4) is 0 Å². The Kier molecular flexibility index (Phi) is 3.99. The van der Waals surface area contributed by atoms with Gasteiger partial charge in [-0.3, -0.25) is 5.01 Å². The molecule has 0 spiro atoms. The first-order valence-electron chi connectivity index (χ1n) is 6.53. The Hall–Kier alpha value is -1.82. The summed E-state index contributed by atoms with van der Waals surface area (Å²) in [4.78, 5) is 0. The number of hydrogen-bond acceptors (Lipinski definition) is 3. The second kappa shape index (κ2) is 5.68. The summed E-state index contributed by atoms with van der Waals surface area (Å²) >= 11 is 0. The molecule has 1 aromatic rings. The van der Waals surface area contributed by atoms with E-state index in [1.807, 2.05) is 30.5 Å². The minimum absolute atomic E-state index is 0.517. The molecule has 0 bridgehead atoms. The van der Waals surface area contributed by atoms with Gasteiger partial charge in [0.15, 0.2) is 0 Å². The fourth-order valence-corrected chi connectivity index (χ4v) is 2.41. The van der Waals surface area contributed by atoms with Crippen molar-refractivity contribution in [2.24, 2.45) is 5.10 Å².